The lowest BCUT2D eigenvalue weighted by Crippen LogP contribution is -2.30. The Kier molecular flexibility index (Phi) is 7.26. The summed E-state index contributed by atoms with van der Waals surface area (Å²) in [6.07, 6.45) is 1.08. The van der Waals surface area contributed by atoms with Crippen molar-refractivity contribution in [3.8, 4) is 5.75 Å². The van der Waals surface area contributed by atoms with Crippen LogP contribution in [0.3, 0.4) is 0 Å². The molecule has 0 atom stereocenters. The van der Waals surface area contributed by atoms with E-state index in [1.54, 1.807) is 35.2 Å². The average molecular weight is 501 g/mol. The molecule has 0 aliphatic carbocycles. The molecule has 1 aliphatic heterocycles. The Balaban J connectivity index is 1.88. The summed E-state index contributed by atoms with van der Waals surface area (Å²) in [7, 11) is -1.95. The fourth-order valence-corrected chi connectivity index (χ4v) is 4.62. The van der Waals surface area contributed by atoms with Crippen LogP contribution in [0, 0.1) is 5.41 Å². The zero-order chi connectivity index (χ0) is 26.1. The van der Waals surface area contributed by atoms with E-state index in [4.69, 9.17) is 10.1 Å². The molecule has 3 rings (SSSR count). The summed E-state index contributed by atoms with van der Waals surface area (Å²) in [5.41, 5.74) is 2.89. The van der Waals surface area contributed by atoms with E-state index in [0.717, 1.165) is 11.8 Å². The number of amidine groups is 1. The van der Waals surface area contributed by atoms with E-state index >= 15 is 0 Å². The number of rotatable bonds is 8. The van der Waals surface area contributed by atoms with Crippen LogP contribution in [0.2, 0.25) is 0 Å². The highest BCUT2D eigenvalue weighted by molar-refractivity contribution is 7.92. The van der Waals surface area contributed by atoms with Gasteiger partial charge in [0.2, 0.25) is 10.0 Å². The Bertz CT molecular complexity index is 1300. The second-order valence-electron chi connectivity index (χ2n) is 9.53. The molecule has 3 N–H and O–H groups in total. The van der Waals surface area contributed by atoms with Crippen molar-refractivity contribution in [2.45, 2.75) is 39.7 Å². The standard InChI is InChI=1S/C25H32N4O5S/c1-7-34-22-11-16-13-29(23(26)17(16)12-18(22)24(31)27-5)14-21(30)15-8-9-20(28-35(6,32)33)19(10-15)25(2,3)4/h8-12,26,28H,7,13-14H2,1-6H3,(H,27,31). The van der Waals surface area contributed by atoms with Crippen molar-refractivity contribution < 1.29 is 22.7 Å². The van der Waals surface area contributed by atoms with Crippen LogP contribution >= 0.6 is 0 Å². The van der Waals surface area contributed by atoms with Crippen molar-refractivity contribution in [1.29, 1.82) is 5.41 Å². The van der Waals surface area contributed by atoms with Crippen LogP contribution < -0.4 is 14.8 Å². The van der Waals surface area contributed by atoms with Crippen LogP contribution in [0.4, 0.5) is 5.69 Å². The van der Waals surface area contributed by atoms with Crippen LogP contribution in [0.1, 0.15) is 65.1 Å². The Hall–Kier alpha value is -3.40. The van der Waals surface area contributed by atoms with E-state index in [9.17, 15) is 18.0 Å². The average Bonchev–Trinajstić information content (AvgIpc) is 3.05. The van der Waals surface area contributed by atoms with Gasteiger partial charge in [-0.25, -0.2) is 8.42 Å². The fraction of sp³-hybridized carbons (Fsp3) is 0.400. The molecule has 35 heavy (non-hydrogen) atoms. The first kappa shape index (κ1) is 26.2. The highest BCUT2D eigenvalue weighted by Gasteiger charge is 2.30. The molecular formula is C25H32N4O5S. The minimum atomic E-state index is -3.48. The third-order valence-corrected chi connectivity index (χ3v) is 6.28. The summed E-state index contributed by atoms with van der Waals surface area (Å²) in [4.78, 5) is 27.2. The van der Waals surface area contributed by atoms with Crippen LogP contribution in [0.15, 0.2) is 30.3 Å². The number of hydrogen-bond acceptors (Lipinski definition) is 6. The van der Waals surface area contributed by atoms with E-state index in [2.05, 4.69) is 10.0 Å². The van der Waals surface area contributed by atoms with Gasteiger partial charge in [-0.1, -0.05) is 20.8 Å². The lowest BCUT2D eigenvalue weighted by atomic mass is 9.84. The third kappa shape index (κ3) is 5.82. The molecule has 0 bridgehead atoms. The molecule has 0 aromatic heterocycles. The number of benzene rings is 2. The summed E-state index contributed by atoms with van der Waals surface area (Å²) < 4.78 is 31.7. The maximum Gasteiger partial charge on any atom is 0.254 e. The molecule has 2 aromatic carbocycles. The normalized spacial score (nSPS) is 13.4. The van der Waals surface area contributed by atoms with E-state index in [1.165, 1.54) is 7.05 Å². The predicted molar refractivity (Wildman–Crippen MR) is 136 cm³/mol. The molecular weight excluding hydrogens is 468 g/mol. The van der Waals surface area contributed by atoms with Gasteiger partial charge in [0.05, 0.1) is 30.7 Å². The molecule has 0 fully saturated rings. The Labute approximate surface area is 206 Å². The van der Waals surface area contributed by atoms with E-state index in [1.807, 2.05) is 27.7 Å². The van der Waals surface area contributed by atoms with E-state index < -0.39 is 15.4 Å². The van der Waals surface area contributed by atoms with E-state index in [0.29, 0.717) is 46.8 Å². The Morgan fingerprint density at radius 3 is 2.43 bits per heavy atom. The number of nitrogens with one attached hydrogen (secondary N) is 3. The van der Waals surface area contributed by atoms with Crippen molar-refractivity contribution in [3.63, 3.8) is 0 Å². The van der Waals surface area contributed by atoms with Gasteiger partial charge in [-0.05, 0) is 53.8 Å². The minimum Gasteiger partial charge on any atom is -0.493 e. The third-order valence-electron chi connectivity index (χ3n) is 5.69. The maximum absolute atomic E-state index is 13.2. The van der Waals surface area contributed by atoms with Crippen molar-refractivity contribution in [2.24, 2.45) is 0 Å². The molecule has 2 aromatic rings. The number of fused-ring (bicyclic) bond motifs is 1. The molecule has 1 heterocycles. The van der Waals surface area contributed by atoms with Crippen LogP contribution in [0.5, 0.6) is 5.75 Å². The summed E-state index contributed by atoms with van der Waals surface area (Å²) in [6.45, 7) is 8.35. The molecule has 0 spiro atoms. The minimum absolute atomic E-state index is 0.0325. The zero-order valence-corrected chi connectivity index (χ0v) is 21.7. The maximum atomic E-state index is 13.2. The Morgan fingerprint density at radius 1 is 1.17 bits per heavy atom. The van der Waals surface area contributed by atoms with Crippen molar-refractivity contribution in [3.05, 3.63) is 58.1 Å². The molecule has 9 nitrogen and oxygen atoms in total. The van der Waals surface area contributed by atoms with Crippen molar-refractivity contribution in [2.75, 3.05) is 31.2 Å². The number of carbonyl (C=O) groups excluding carboxylic acids is 2. The second kappa shape index (κ2) is 9.69. The zero-order valence-electron chi connectivity index (χ0n) is 20.9. The van der Waals surface area contributed by atoms with Gasteiger partial charge in [-0.2, -0.15) is 0 Å². The SMILES string of the molecule is CCOc1cc2c(cc1C(=O)NC)C(=N)N(CC(=O)c1ccc(NS(C)(=O)=O)c(C(C)(C)C)c1)C2. The molecule has 0 unspecified atom stereocenters. The number of hydrogen-bond donors (Lipinski definition) is 3. The molecule has 1 aliphatic rings. The number of sulfonamides is 1. The van der Waals surface area contributed by atoms with E-state index in [-0.39, 0.29) is 24.1 Å². The quantitative estimate of drug-likeness (QED) is 0.478. The van der Waals surface area contributed by atoms with Gasteiger partial charge in [0.15, 0.2) is 5.78 Å². The Morgan fingerprint density at radius 2 is 1.86 bits per heavy atom. The second-order valence-corrected chi connectivity index (χ2v) is 11.3. The van der Waals surface area contributed by atoms with Crippen LogP contribution in [-0.2, 0) is 22.0 Å². The summed E-state index contributed by atoms with van der Waals surface area (Å²) >= 11 is 0. The first-order chi connectivity index (χ1) is 16.2. The predicted octanol–water partition coefficient (Wildman–Crippen LogP) is 3.14. The fourth-order valence-electron chi connectivity index (χ4n) is 4.04. The lowest BCUT2D eigenvalue weighted by molar-refractivity contribution is 0.0953. The van der Waals surface area contributed by atoms with Crippen molar-refractivity contribution >= 4 is 33.2 Å². The smallest absolute Gasteiger partial charge is 0.254 e. The molecule has 0 saturated heterocycles. The number of ether oxygens (including phenoxy) is 1. The highest BCUT2D eigenvalue weighted by atomic mass is 32.2. The summed E-state index contributed by atoms with van der Waals surface area (Å²) in [5.74, 6) is 0.0925. The van der Waals surface area contributed by atoms with Gasteiger partial charge >= 0.3 is 0 Å². The molecule has 10 heteroatoms. The molecule has 188 valence electrons. The van der Waals surface area contributed by atoms with Crippen LogP contribution in [-0.4, -0.2) is 57.3 Å². The molecule has 0 saturated carbocycles. The number of anilines is 1. The van der Waals surface area contributed by atoms with Gasteiger partial charge in [0.1, 0.15) is 11.6 Å². The van der Waals surface area contributed by atoms with Crippen molar-refractivity contribution in [1.82, 2.24) is 10.2 Å². The lowest BCUT2D eigenvalue weighted by Gasteiger charge is -2.24. The molecule has 1 amide bonds. The van der Waals surface area contributed by atoms with Gasteiger partial charge in [-0.3, -0.25) is 19.7 Å². The van der Waals surface area contributed by atoms with Gasteiger partial charge in [0.25, 0.3) is 5.91 Å². The number of ketones is 1. The first-order valence-corrected chi connectivity index (χ1v) is 13.2. The number of nitrogens with zero attached hydrogens (tertiary/aromatic N) is 1. The summed E-state index contributed by atoms with van der Waals surface area (Å²) in [5, 5.41) is 11.2. The number of amides is 1. The van der Waals surface area contributed by atoms with Gasteiger partial charge in [-0.15, -0.1) is 0 Å². The largest absolute Gasteiger partial charge is 0.493 e. The monoisotopic (exact) mass is 500 g/mol. The number of carbonyl (C=O) groups is 2. The first-order valence-electron chi connectivity index (χ1n) is 11.3. The molecule has 0 radical (unpaired) electrons. The number of Topliss-reactive ketones (excluding diaryl/α,β-unsaturated/α-hetero) is 1. The van der Waals surface area contributed by atoms with Gasteiger partial charge in [0, 0.05) is 24.7 Å². The van der Waals surface area contributed by atoms with Gasteiger partial charge < -0.3 is 15.0 Å². The summed E-state index contributed by atoms with van der Waals surface area (Å²) in [6, 6.07) is 8.29. The highest BCUT2D eigenvalue weighted by Crippen LogP contribution is 2.33. The van der Waals surface area contributed by atoms with Crippen LogP contribution in [0.25, 0.3) is 0 Å². The topological polar surface area (TPSA) is 129 Å².